The van der Waals surface area contributed by atoms with Gasteiger partial charge in [-0.05, 0) is 42.8 Å². The highest BCUT2D eigenvalue weighted by atomic mass is 35.5. The number of benzene rings is 1. The fourth-order valence-corrected chi connectivity index (χ4v) is 2.51. The van der Waals surface area contributed by atoms with E-state index in [-0.39, 0.29) is 5.82 Å². The SMILES string of the molecule is Cc1cc(-c2nc3c(Cl)cccn3c2CN)ccc1F. The van der Waals surface area contributed by atoms with Crippen molar-refractivity contribution in [3.05, 3.63) is 58.6 Å². The first-order valence-electron chi connectivity index (χ1n) is 6.24. The first-order valence-corrected chi connectivity index (χ1v) is 6.61. The monoisotopic (exact) mass is 289 g/mol. The molecule has 0 aliphatic heterocycles. The van der Waals surface area contributed by atoms with Gasteiger partial charge in [-0.3, -0.25) is 0 Å². The molecule has 0 saturated heterocycles. The van der Waals surface area contributed by atoms with Gasteiger partial charge in [0.05, 0.1) is 16.4 Å². The summed E-state index contributed by atoms with van der Waals surface area (Å²) in [7, 11) is 0. The van der Waals surface area contributed by atoms with Gasteiger partial charge in [-0.2, -0.15) is 0 Å². The molecule has 0 bridgehead atoms. The molecule has 2 heterocycles. The Balaban J connectivity index is 2.30. The highest BCUT2D eigenvalue weighted by Crippen LogP contribution is 2.28. The van der Waals surface area contributed by atoms with Gasteiger partial charge < -0.3 is 10.1 Å². The number of aromatic nitrogens is 2. The van der Waals surface area contributed by atoms with Crippen LogP contribution in [0.4, 0.5) is 4.39 Å². The molecule has 0 aliphatic carbocycles. The van der Waals surface area contributed by atoms with Crippen LogP contribution < -0.4 is 5.73 Å². The van der Waals surface area contributed by atoms with Crippen molar-refractivity contribution >= 4 is 17.2 Å². The maximum absolute atomic E-state index is 13.4. The van der Waals surface area contributed by atoms with Crippen LogP contribution in [-0.4, -0.2) is 9.38 Å². The molecule has 0 radical (unpaired) electrons. The molecule has 20 heavy (non-hydrogen) atoms. The van der Waals surface area contributed by atoms with Crippen LogP contribution in [0.2, 0.25) is 5.02 Å². The molecular weight excluding hydrogens is 277 g/mol. The van der Waals surface area contributed by atoms with Crippen LogP contribution in [0.25, 0.3) is 16.9 Å². The number of hydrogen-bond acceptors (Lipinski definition) is 2. The van der Waals surface area contributed by atoms with Gasteiger partial charge in [0.2, 0.25) is 0 Å². The number of imidazole rings is 1. The highest BCUT2D eigenvalue weighted by Gasteiger charge is 2.15. The van der Waals surface area contributed by atoms with Crippen LogP contribution in [0.3, 0.4) is 0 Å². The molecule has 2 N–H and O–H groups in total. The van der Waals surface area contributed by atoms with Crippen molar-refractivity contribution in [1.82, 2.24) is 9.38 Å². The molecule has 3 rings (SSSR count). The summed E-state index contributed by atoms with van der Waals surface area (Å²) in [5, 5.41) is 0.562. The second-order valence-corrected chi connectivity index (χ2v) is 5.03. The van der Waals surface area contributed by atoms with Crippen LogP contribution in [0, 0.1) is 12.7 Å². The van der Waals surface area contributed by atoms with Gasteiger partial charge in [0.25, 0.3) is 0 Å². The molecule has 0 saturated carbocycles. The van der Waals surface area contributed by atoms with E-state index in [0.717, 1.165) is 17.0 Å². The Morgan fingerprint density at radius 3 is 2.85 bits per heavy atom. The van der Waals surface area contributed by atoms with Crippen molar-refractivity contribution in [2.45, 2.75) is 13.5 Å². The van der Waals surface area contributed by atoms with Gasteiger partial charge in [0, 0.05) is 18.3 Å². The summed E-state index contributed by atoms with van der Waals surface area (Å²) in [5.41, 5.74) is 9.51. The molecule has 0 unspecified atom stereocenters. The molecule has 102 valence electrons. The lowest BCUT2D eigenvalue weighted by Crippen LogP contribution is -2.02. The summed E-state index contributed by atoms with van der Waals surface area (Å²) in [6.07, 6.45) is 1.87. The Bertz CT molecular complexity index is 795. The van der Waals surface area contributed by atoms with Gasteiger partial charge in [-0.1, -0.05) is 11.6 Å². The minimum absolute atomic E-state index is 0.232. The molecule has 5 heteroatoms. The Kier molecular flexibility index (Phi) is 3.20. The van der Waals surface area contributed by atoms with E-state index in [1.807, 2.05) is 16.7 Å². The molecule has 3 aromatic rings. The normalized spacial score (nSPS) is 11.2. The smallest absolute Gasteiger partial charge is 0.156 e. The zero-order chi connectivity index (χ0) is 14.3. The van der Waals surface area contributed by atoms with Crippen molar-refractivity contribution in [3.63, 3.8) is 0 Å². The third kappa shape index (κ3) is 1.97. The predicted octanol–water partition coefficient (Wildman–Crippen LogP) is 3.56. The van der Waals surface area contributed by atoms with E-state index in [4.69, 9.17) is 17.3 Å². The summed E-state index contributed by atoms with van der Waals surface area (Å²) in [6, 6.07) is 8.54. The average Bonchev–Trinajstić information content (AvgIpc) is 2.82. The van der Waals surface area contributed by atoms with Gasteiger partial charge in [-0.25, -0.2) is 9.37 Å². The van der Waals surface area contributed by atoms with E-state index < -0.39 is 0 Å². The van der Waals surface area contributed by atoms with Crippen LogP contribution in [0.15, 0.2) is 36.5 Å². The fraction of sp³-hybridized carbons (Fsp3) is 0.133. The zero-order valence-corrected chi connectivity index (χ0v) is 11.7. The second-order valence-electron chi connectivity index (χ2n) is 4.62. The zero-order valence-electron chi connectivity index (χ0n) is 10.9. The van der Waals surface area contributed by atoms with Gasteiger partial charge >= 0.3 is 0 Å². The molecule has 0 amide bonds. The second kappa shape index (κ2) is 4.89. The first-order chi connectivity index (χ1) is 9.61. The van der Waals surface area contributed by atoms with Crippen LogP contribution in [0.1, 0.15) is 11.3 Å². The Morgan fingerprint density at radius 2 is 2.15 bits per heavy atom. The molecular formula is C15H13ClFN3. The van der Waals surface area contributed by atoms with E-state index >= 15 is 0 Å². The molecule has 1 aromatic carbocycles. The summed E-state index contributed by atoms with van der Waals surface area (Å²) in [6.45, 7) is 2.05. The number of rotatable bonds is 2. The third-order valence-electron chi connectivity index (χ3n) is 3.33. The van der Waals surface area contributed by atoms with Crippen LogP contribution in [-0.2, 0) is 6.54 Å². The van der Waals surface area contributed by atoms with Gasteiger partial charge in [-0.15, -0.1) is 0 Å². The number of halogens is 2. The Morgan fingerprint density at radius 1 is 1.35 bits per heavy atom. The first kappa shape index (κ1) is 13.1. The molecule has 0 spiro atoms. The average molecular weight is 290 g/mol. The predicted molar refractivity (Wildman–Crippen MR) is 78.2 cm³/mol. The van der Waals surface area contributed by atoms with Gasteiger partial charge in [0.1, 0.15) is 5.82 Å². The summed E-state index contributed by atoms with van der Waals surface area (Å²) >= 11 is 6.16. The lowest BCUT2D eigenvalue weighted by Gasteiger charge is -2.04. The summed E-state index contributed by atoms with van der Waals surface area (Å²) < 4.78 is 15.3. The largest absolute Gasteiger partial charge is 0.325 e. The quantitative estimate of drug-likeness (QED) is 0.784. The van der Waals surface area contributed by atoms with Crippen LogP contribution in [0.5, 0.6) is 0 Å². The number of nitrogens with two attached hydrogens (primary N) is 1. The van der Waals surface area contributed by atoms with Crippen molar-refractivity contribution in [2.75, 3.05) is 0 Å². The highest BCUT2D eigenvalue weighted by molar-refractivity contribution is 6.33. The molecule has 0 atom stereocenters. The lowest BCUT2D eigenvalue weighted by atomic mass is 10.1. The van der Waals surface area contributed by atoms with Crippen molar-refractivity contribution < 1.29 is 4.39 Å². The van der Waals surface area contributed by atoms with E-state index in [1.54, 1.807) is 25.1 Å². The van der Waals surface area contributed by atoms with E-state index in [0.29, 0.717) is 22.8 Å². The van der Waals surface area contributed by atoms with Crippen molar-refractivity contribution in [1.29, 1.82) is 0 Å². The number of hydrogen-bond donors (Lipinski definition) is 1. The van der Waals surface area contributed by atoms with E-state index in [9.17, 15) is 4.39 Å². The lowest BCUT2D eigenvalue weighted by molar-refractivity contribution is 0.618. The topological polar surface area (TPSA) is 43.3 Å². The molecule has 3 nitrogen and oxygen atoms in total. The fourth-order valence-electron chi connectivity index (χ4n) is 2.30. The number of fused-ring (bicyclic) bond motifs is 1. The maximum atomic E-state index is 13.4. The summed E-state index contributed by atoms with van der Waals surface area (Å²) in [4.78, 5) is 4.55. The van der Waals surface area contributed by atoms with Crippen molar-refractivity contribution in [2.24, 2.45) is 5.73 Å². The Labute approximate surface area is 120 Å². The number of nitrogens with zero attached hydrogens (tertiary/aromatic N) is 2. The Hall–Kier alpha value is -1.91. The molecule has 0 aliphatic rings. The van der Waals surface area contributed by atoms with Crippen LogP contribution >= 0.6 is 11.6 Å². The molecule has 0 fully saturated rings. The number of aryl methyl sites for hydroxylation is 1. The summed E-state index contributed by atoms with van der Waals surface area (Å²) in [5.74, 6) is -0.232. The minimum Gasteiger partial charge on any atom is -0.325 e. The number of pyridine rings is 1. The maximum Gasteiger partial charge on any atom is 0.156 e. The molecule has 2 aromatic heterocycles. The standard InChI is InChI=1S/C15H13ClFN3/c1-9-7-10(4-5-12(9)17)14-13(8-18)20-6-2-3-11(16)15(20)19-14/h2-7H,8,18H2,1H3. The van der Waals surface area contributed by atoms with Gasteiger partial charge in [0.15, 0.2) is 5.65 Å². The van der Waals surface area contributed by atoms with E-state index in [1.165, 1.54) is 6.07 Å². The van der Waals surface area contributed by atoms with E-state index in [2.05, 4.69) is 4.98 Å². The minimum atomic E-state index is -0.232. The third-order valence-corrected chi connectivity index (χ3v) is 3.62. The van der Waals surface area contributed by atoms with Crippen molar-refractivity contribution in [3.8, 4) is 11.3 Å².